The molecule has 2 heterocycles. The van der Waals surface area contributed by atoms with E-state index in [9.17, 15) is 9.59 Å². The molecular weight excluding hydrogens is 376 g/mol. The number of nitrogens with zero attached hydrogens (tertiary/aromatic N) is 3. The Hall–Kier alpha value is -3.28. The lowest BCUT2D eigenvalue weighted by molar-refractivity contribution is -0.128. The van der Waals surface area contributed by atoms with E-state index in [2.05, 4.69) is 48.4 Å². The van der Waals surface area contributed by atoms with Crippen LogP contribution in [0.4, 0.5) is 11.4 Å². The zero-order chi connectivity index (χ0) is 21.3. The molecule has 1 atom stereocenters. The summed E-state index contributed by atoms with van der Waals surface area (Å²) in [7, 11) is 0. The molecule has 1 fully saturated rings. The van der Waals surface area contributed by atoms with Gasteiger partial charge in [-0.3, -0.25) is 15.0 Å². The number of hydrogen-bond donors (Lipinski definition) is 1. The van der Waals surface area contributed by atoms with E-state index in [-0.39, 0.29) is 24.3 Å². The van der Waals surface area contributed by atoms with Crippen LogP contribution in [0.15, 0.2) is 60.3 Å². The van der Waals surface area contributed by atoms with Crippen LogP contribution in [0.25, 0.3) is 0 Å². The predicted octanol–water partition coefficient (Wildman–Crippen LogP) is 3.17. The minimum absolute atomic E-state index is 0.0599. The molecule has 2 aliphatic rings. The highest BCUT2D eigenvalue weighted by atomic mass is 16.2. The summed E-state index contributed by atoms with van der Waals surface area (Å²) in [5.74, 6) is -0.136. The molecule has 0 radical (unpaired) electrons. The molecule has 0 aliphatic carbocycles. The number of nitrogens with one attached hydrogen (secondary N) is 1. The number of anilines is 2. The number of piperazine rings is 1. The van der Waals surface area contributed by atoms with Crippen LogP contribution in [-0.2, 0) is 9.59 Å². The summed E-state index contributed by atoms with van der Waals surface area (Å²) in [5, 5.41) is 1.47. The van der Waals surface area contributed by atoms with E-state index in [1.54, 1.807) is 6.08 Å². The third kappa shape index (κ3) is 4.03. The maximum absolute atomic E-state index is 13.2. The molecule has 156 valence electrons. The molecule has 0 unspecified atom stereocenters. The molecule has 2 aromatic rings. The molecule has 0 spiro atoms. The Bertz CT molecular complexity index is 983. The summed E-state index contributed by atoms with van der Waals surface area (Å²) in [4.78, 5) is 29.8. The summed E-state index contributed by atoms with van der Waals surface area (Å²) < 4.78 is 0. The molecule has 2 aliphatic heterocycles. The highest BCUT2D eigenvalue weighted by Gasteiger charge is 2.31. The number of aryl methyl sites for hydroxylation is 2. The minimum Gasteiger partial charge on any atom is -0.365 e. The van der Waals surface area contributed by atoms with Crippen molar-refractivity contribution < 1.29 is 9.59 Å². The fraction of sp³-hybridized carbons (Fsp3) is 0.333. The van der Waals surface area contributed by atoms with Gasteiger partial charge in [0, 0.05) is 37.8 Å². The Labute approximate surface area is 177 Å². The average molecular weight is 405 g/mol. The Kier molecular flexibility index (Phi) is 5.48. The molecule has 0 bridgehead atoms. The van der Waals surface area contributed by atoms with Crippen molar-refractivity contribution in [2.75, 3.05) is 29.5 Å². The molecule has 6 nitrogen and oxygen atoms in total. The van der Waals surface area contributed by atoms with Crippen molar-refractivity contribution in [3.8, 4) is 0 Å². The van der Waals surface area contributed by atoms with Crippen LogP contribution in [-0.4, -0.2) is 42.4 Å². The molecule has 0 aromatic heterocycles. The molecular formula is C24H28N4O2. The van der Waals surface area contributed by atoms with Crippen LogP contribution in [0.1, 0.15) is 24.5 Å². The van der Waals surface area contributed by atoms with Crippen molar-refractivity contribution in [3.63, 3.8) is 0 Å². The fourth-order valence-electron chi connectivity index (χ4n) is 4.05. The Morgan fingerprint density at radius 3 is 2.47 bits per heavy atom. The van der Waals surface area contributed by atoms with E-state index in [4.69, 9.17) is 0 Å². The first kappa shape index (κ1) is 20.0. The second kappa shape index (κ2) is 8.22. The van der Waals surface area contributed by atoms with Crippen LogP contribution < -0.4 is 15.3 Å². The first-order valence-electron chi connectivity index (χ1n) is 10.4. The van der Waals surface area contributed by atoms with Crippen molar-refractivity contribution in [2.24, 2.45) is 0 Å². The quantitative estimate of drug-likeness (QED) is 0.854. The standard InChI is InChI=1S/C24H28N4O2/c1-17-7-9-20(10-8-17)28-23(29)12-11-22(25-28)24(30)26-13-14-27(19(3)16-26)21-6-4-5-18(2)15-21/h4-11,15,19,25H,12-14,16H2,1-3H3/t19-/m0/s1. The number of hydrogen-bond acceptors (Lipinski definition) is 4. The first-order valence-corrected chi connectivity index (χ1v) is 10.4. The molecule has 1 N–H and O–H groups in total. The van der Waals surface area contributed by atoms with Crippen LogP contribution in [0, 0.1) is 13.8 Å². The van der Waals surface area contributed by atoms with Crippen molar-refractivity contribution in [1.82, 2.24) is 10.3 Å². The number of rotatable bonds is 3. The van der Waals surface area contributed by atoms with E-state index < -0.39 is 0 Å². The summed E-state index contributed by atoms with van der Waals surface area (Å²) in [5.41, 5.74) is 7.79. The number of benzene rings is 2. The van der Waals surface area contributed by atoms with Gasteiger partial charge in [-0.2, -0.15) is 0 Å². The summed E-state index contributed by atoms with van der Waals surface area (Å²) in [6.45, 7) is 8.31. The normalized spacial score (nSPS) is 19.4. The van der Waals surface area contributed by atoms with Crippen LogP contribution in [0.2, 0.25) is 0 Å². The lowest BCUT2D eigenvalue weighted by atomic mass is 10.1. The Morgan fingerprint density at radius 2 is 1.77 bits per heavy atom. The third-order valence-electron chi connectivity index (χ3n) is 5.73. The number of hydrazine groups is 1. The topological polar surface area (TPSA) is 55.9 Å². The molecule has 30 heavy (non-hydrogen) atoms. The molecule has 2 amide bonds. The second-order valence-electron chi connectivity index (χ2n) is 8.13. The molecule has 4 rings (SSSR count). The van der Waals surface area contributed by atoms with Crippen LogP contribution in [0.3, 0.4) is 0 Å². The van der Waals surface area contributed by atoms with E-state index in [0.717, 1.165) is 17.8 Å². The summed E-state index contributed by atoms with van der Waals surface area (Å²) in [6.07, 6.45) is 1.91. The third-order valence-corrected chi connectivity index (χ3v) is 5.73. The van der Waals surface area contributed by atoms with Gasteiger partial charge < -0.3 is 9.80 Å². The van der Waals surface area contributed by atoms with E-state index in [1.165, 1.54) is 16.3 Å². The monoisotopic (exact) mass is 404 g/mol. The summed E-state index contributed by atoms with van der Waals surface area (Å²) in [6, 6.07) is 16.4. The van der Waals surface area contributed by atoms with Gasteiger partial charge in [-0.15, -0.1) is 0 Å². The zero-order valence-corrected chi connectivity index (χ0v) is 17.8. The van der Waals surface area contributed by atoms with Gasteiger partial charge in [0.25, 0.3) is 5.91 Å². The lowest BCUT2D eigenvalue weighted by Crippen LogP contribution is -2.56. The largest absolute Gasteiger partial charge is 0.365 e. The van der Waals surface area contributed by atoms with Crippen molar-refractivity contribution in [1.29, 1.82) is 0 Å². The highest BCUT2D eigenvalue weighted by Crippen LogP contribution is 2.23. The predicted molar refractivity (Wildman–Crippen MR) is 119 cm³/mol. The van der Waals surface area contributed by atoms with Gasteiger partial charge in [0.05, 0.1) is 5.69 Å². The van der Waals surface area contributed by atoms with Gasteiger partial charge in [-0.05, 0) is 56.7 Å². The van der Waals surface area contributed by atoms with Crippen LogP contribution >= 0.6 is 0 Å². The fourth-order valence-corrected chi connectivity index (χ4v) is 4.05. The van der Waals surface area contributed by atoms with Crippen molar-refractivity contribution in [2.45, 2.75) is 33.2 Å². The van der Waals surface area contributed by atoms with E-state index in [0.29, 0.717) is 18.8 Å². The van der Waals surface area contributed by atoms with Gasteiger partial charge in [-0.25, -0.2) is 5.01 Å². The number of amides is 2. The zero-order valence-electron chi connectivity index (χ0n) is 17.8. The van der Waals surface area contributed by atoms with Crippen molar-refractivity contribution >= 4 is 23.2 Å². The molecule has 1 saturated heterocycles. The first-order chi connectivity index (χ1) is 14.4. The lowest BCUT2D eigenvalue weighted by Gasteiger charge is -2.42. The number of carbonyl (C=O) groups is 2. The maximum Gasteiger partial charge on any atom is 0.271 e. The van der Waals surface area contributed by atoms with Gasteiger partial charge in [0.2, 0.25) is 5.91 Å². The van der Waals surface area contributed by atoms with E-state index >= 15 is 0 Å². The molecule has 2 aromatic carbocycles. The van der Waals surface area contributed by atoms with Gasteiger partial charge in [-0.1, -0.05) is 29.8 Å². The molecule has 0 saturated carbocycles. The average Bonchev–Trinajstić information content (AvgIpc) is 2.74. The second-order valence-corrected chi connectivity index (χ2v) is 8.13. The summed E-state index contributed by atoms with van der Waals surface area (Å²) >= 11 is 0. The van der Waals surface area contributed by atoms with Crippen LogP contribution in [0.5, 0.6) is 0 Å². The highest BCUT2D eigenvalue weighted by molar-refractivity contribution is 6.01. The van der Waals surface area contributed by atoms with Gasteiger partial charge in [0.15, 0.2) is 0 Å². The van der Waals surface area contributed by atoms with Gasteiger partial charge >= 0.3 is 0 Å². The minimum atomic E-state index is -0.0759. The SMILES string of the molecule is Cc1ccc(N2NC(C(=O)N3CCN(c4cccc(C)c4)[C@@H](C)C3)=CCC2=O)cc1. The smallest absolute Gasteiger partial charge is 0.271 e. The van der Waals surface area contributed by atoms with Crippen molar-refractivity contribution in [3.05, 3.63) is 71.4 Å². The molecule has 6 heteroatoms. The van der Waals surface area contributed by atoms with Gasteiger partial charge in [0.1, 0.15) is 5.70 Å². The number of carbonyl (C=O) groups excluding carboxylic acids is 2. The Morgan fingerprint density at radius 1 is 1.00 bits per heavy atom. The van der Waals surface area contributed by atoms with E-state index in [1.807, 2.05) is 36.1 Å². The Balaban J connectivity index is 1.44. The maximum atomic E-state index is 13.2.